The normalized spacial score (nSPS) is 12.2. The predicted octanol–water partition coefficient (Wildman–Crippen LogP) is 3.67. The van der Waals surface area contributed by atoms with Gasteiger partial charge in [-0.2, -0.15) is 0 Å². The molecule has 0 radical (unpaired) electrons. The fourth-order valence-corrected chi connectivity index (χ4v) is 4.48. The van der Waals surface area contributed by atoms with Crippen molar-refractivity contribution in [3.8, 4) is 0 Å². The Morgan fingerprint density at radius 3 is 2.36 bits per heavy atom. The van der Waals surface area contributed by atoms with E-state index in [-0.39, 0.29) is 12.5 Å². The van der Waals surface area contributed by atoms with Crippen molar-refractivity contribution < 1.29 is 18.0 Å². The van der Waals surface area contributed by atoms with Crippen molar-refractivity contribution in [3.05, 3.63) is 64.2 Å². The molecule has 2 amide bonds. The average molecular weight is 494 g/mol. The van der Waals surface area contributed by atoms with E-state index in [0.29, 0.717) is 22.8 Å². The molecule has 0 aliphatic carbocycles. The van der Waals surface area contributed by atoms with Crippen LogP contribution in [0.2, 0.25) is 5.02 Å². The monoisotopic (exact) mass is 493 g/mol. The summed E-state index contributed by atoms with van der Waals surface area (Å²) < 4.78 is 26.4. The molecule has 0 unspecified atom stereocenters. The number of hydrogen-bond donors (Lipinski definition) is 1. The van der Waals surface area contributed by atoms with Crippen molar-refractivity contribution in [1.82, 2.24) is 10.2 Å². The second-order valence-corrected chi connectivity index (χ2v) is 10.4. The molecule has 2 aromatic rings. The molecule has 0 bridgehead atoms. The fraction of sp³-hybridized carbons (Fsp3) is 0.417. The van der Waals surface area contributed by atoms with Gasteiger partial charge in [-0.15, -0.1) is 0 Å². The lowest BCUT2D eigenvalue weighted by Gasteiger charge is -2.32. The lowest BCUT2D eigenvalue weighted by atomic mass is 10.1. The minimum atomic E-state index is -3.77. The van der Waals surface area contributed by atoms with Crippen molar-refractivity contribution in [2.24, 2.45) is 0 Å². The highest BCUT2D eigenvalue weighted by atomic mass is 35.5. The highest BCUT2D eigenvalue weighted by molar-refractivity contribution is 7.92. The Morgan fingerprint density at radius 1 is 1.09 bits per heavy atom. The molecule has 0 saturated carbocycles. The number of benzene rings is 2. The topological polar surface area (TPSA) is 86.8 Å². The van der Waals surface area contributed by atoms with E-state index >= 15 is 0 Å². The second-order valence-electron chi connectivity index (χ2n) is 8.07. The number of sulfonamides is 1. The molecule has 2 aromatic carbocycles. The van der Waals surface area contributed by atoms with Gasteiger partial charge in [0, 0.05) is 18.1 Å². The summed E-state index contributed by atoms with van der Waals surface area (Å²) in [5.74, 6) is -0.810. The fourth-order valence-electron chi connectivity index (χ4n) is 3.39. The van der Waals surface area contributed by atoms with E-state index in [9.17, 15) is 18.0 Å². The van der Waals surface area contributed by atoms with Gasteiger partial charge >= 0.3 is 0 Å². The van der Waals surface area contributed by atoms with Crippen LogP contribution < -0.4 is 9.62 Å². The molecular formula is C24H32ClN3O4S. The smallest absolute Gasteiger partial charge is 0.244 e. The lowest BCUT2D eigenvalue weighted by Crippen LogP contribution is -2.51. The first-order valence-corrected chi connectivity index (χ1v) is 13.0. The molecule has 2 rings (SSSR count). The van der Waals surface area contributed by atoms with Crippen molar-refractivity contribution >= 4 is 39.1 Å². The SMILES string of the molecule is CCCNC(=O)[C@H](C)N(Cc1ccccc1Cl)C(=O)CN(c1cccc(C)c1C)S(C)(=O)=O. The molecule has 0 aliphatic rings. The van der Waals surface area contributed by atoms with Gasteiger partial charge in [0.1, 0.15) is 12.6 Å². The standard InChI is InChI=1S/C24H32ClN3O4S/c1-6-14-26-24(30)19(4)27(15-20-11-7-8-12-21(20)25)23(29)16-28(33(5,31)32)22-13-9-10-17(2)18(22)3/h7-13,19H,6,14-16H2,1-5H3,(H,26,30)/t19-/m0/s1. The third-order valence-electron chi connectivity index (χ3n) is 5.54. The van der Waals surface area contributed by atoms with E-state index in [4.69, 9.17) is 11.6 Å². The number of carbonyl (C=O) groups is 2. The van der Waals surface area contributed by atoms with E-state index < -0.39 is 28.5 Å². The zero-order valence-electron chi connectivity index (χ0n) is 19.8. The predicted molar refractivity (Wildman–Crippen MR) is 133 cm³/mol. The second kappa shape index (κ2) is 11.5. The van der Waals surface area contributed by atoms with Crippen molar-refractivity contribution in [3.63, 3.8) is 0 Å². The number of carbonyl (C=O) groups excluding carboxylic acids is 2. The van der Waals surface area contributed by atoms with Crippen LogP contribution in [0.15, 0.2) is 42.5 Å². The van der Waals surface area contributed by atoms with Gasteiger partial charge in [0.25, 0.3) is 0 Å². The molecule has 0 spiro atoms. The zero-order valence-corrected chi connectivity index (χ0v) is 21.3. The van der Waals surface area contributed by atoms with Gasteiger partial charge in [0.2, 0.25) is 21.8 Å². The quantitative estimate of drug-likeness (QED) is 0.547. The van der Waals surface area contributed by atoms with Crippen LogP contribution in [0.1, 0.15) is 37.0 Å². The average Bonchev–Trinajstić information content (AvgIpc) is 2.76. The highest BCUT2D eigenvalue weighted by Gasteiger charge is 2.30. The molecule has 0 aromatic heterocycles. The first-order valence-electron chi connectivity index (χ1n) is 10.8. The summed E-state index contributed by atoms with van der Waals surface area (Å²) in [7, 11) is -3.77. The first-order chi connectivity index (χ1) is 15.5. The van der Waals surface area contributed by atoms with E-state index in [2.05, 4.69) is 5.32 Å². The van der Waals surface area contributed by atoms with Crippen LogP contribution in [0.25, 0.3) is 0 Å². The molecule has 9 heteroatoms. The van der Waals surface area contributed by atoms with Crippen LogP contribution in [-0.2, 0) is 26.2 Å². The van der Waals surface area contributed by atoms with Crippen LogP contribution in [0.4, 0.5) is 5.69 Å². The van der Waals surface area contributed by atoms with Gasteiger partial charge in [0.05, 0.1) is 11.9 Å². The Bertz CT molecular complexity index is 1100. The van der Waals surface area contributed by atoms with Crippen molar-refractivity contribution in [2.75, 3.05) is 23.7 Å². The molecule has 1 atom stereocenters. The third kappa shape index (κ3) is 6.95. The van der Waals surface area contributed by atoms with Gasteiger partial charge < -0.3 is 10.2 Å². The van der Waals surface area contributed by atoms with Crippen LogP contribution >= 0.6 is 11.6 Å². The molecular weight excluding hydrogens is 462 g/mol. The van der Waals surface area contributed by atoms with Gasteiger partial charge in [-0.25, -0.2) is 8.42 Å². The minimum Gasteiger partial charge on any atom is -0.354 e. The van der Waals surface area contributed by atoms with E-state index in [0.717, 1.165) is 28.1 Å². The summed E-state index contributed by atoms with van der Waals surface area (Å²) in [6.45, 7) is 7.38. The number of halogens is 1. The highest BCUT2D eigenvalue weighted by Crippen LogP contribution is 2.26. The summed E-state index contributed by atoms with van der Waals surface area (Å²) in [6, 6.07) is 11.5. The molecule has 0 heterocycles. The van der Waals surface area contributed by atoms with Gasteiger partial charge in [-0.3, -0.25) is 13.9 Å². The molecule has 0 aliphatic heterocycles. The van der Waals surface area contributed by atoms with E-state index in [1.807, 2.05) is 26.8 Å². The van der Waals surface area contributed by atoms with Gasteiger partial charge in [0.15, 0.2) is 0 Å². The van der Waals surface area contributed by atoms with Gasteiger partial charge in [-0.1, -0.05) is 48.9 Å². The number of hydrogen-bond acceptors (Lipinski definition) is 4. The number of nitrogens with one attached hydrogen (secondary N) is 1. The summed E-state index contributed by atoms with van der Waals surface area (Å²) in [5, 5.41) is 3.27. The van der Waals surface area contributed by atoms with Crippen LogP contribution in [0.5, 0.6) is 0 Å². The molecule has 180 valence electrons. The number of rotatable bonds is 10. The van der Waals surface area contributed by atoms with Crippen LogP contribution in [0.3, 0.4) is 0 Å². The van der Waals surface area contributed by atoms with Crippen LogP contribution in [0, 0.1) is 13.8 Å². The largest absolute Gasteiger partial charge is 0.354 e. The Morgan fingerprint density at radius 2 is 1.76 bits per heavy atom. The Balaban J connectivity index is 2.43. The zero-order chi connectivity index (χ0) is 24.8. The maximum Gasteiger partial charge on any atom is 0.244 e. The maximum atomic E-state index is 13.5. The summed E-state index contributed by atoms with van der Waals surface area (Å²) in [5.41, 5.74) is 2.78. The Kier molecular flexibility index (Phi) is 9.31. The van der Waals surface area contributed by atoms with Crippen molar-refractivity contribution in [2.45, 2.75) is 46.7 Å². The summed E-state index contributed by atoms with van der Waals surface area (Å²) >= 11 is 6.31. The Hall–Kier alpha value is -2.58. The number of nitrogens with zero attached hydrogens (tertiary/aromatic N) is 2. The Labute approximate surface area is 201 Å². The summed E-state index contributed by atoms with van der Waals surface area (Å²) in [4.78, 5) is 27.6. The molecule has 1 N–H and O–H groups in total. The van der Waals surface area contributed by atoms with E-state index in [1.165, 1.54) is 4.90 Å². The molecule has 7 nitrogen and oxygen atoms in total. The lowest BCUT2D eigenvalue weighted by molar-refractivity contribution is -0.139. The number of amides is 2. The van der Waals surface area contributed by atoms with Crippen LogP contribution in [-0.4, -0.2) is 50.5 Å². The maximum absolute atomic E-state index is 13.5. The first kappa shape index (κ1) is 26.7. The molecule has 0 fully saturated rings. The van der Waals surface area contributed by atoms with Crippen molar-refractivity contribution in [1.29, 1.82) is 0 Å². The number of anilines is 1. The summed E-state index contributed by atoms with van der Waals surface area (Å²) in [6.07, 6.45) is 1.82. The minimum absolute atomic E-state index is 0.0730. The van der Waals surface area contributed by atoms with Gasteiger partial charge in [-0.05, 0) is 56.0 Å². The number of aryl methyl sites for hydroxylation is 1. The third-order valence-corrected chi connectivity index (χ3v) is 7.03. The molecule has 0 saturated heterocycles. The van der Waals surface area contributed by atoms with E-state index in [1.54, 1.807) is 43.3 Å². The molecule has 33 heavy (non-hydrogen) atoms.